The summed E-state index contributed by atoms with van der Waals surface area (Å²) in [5.41, 5.74) is 1.65. The number of pyridine rings is 1. The van der Waals surface area contributed by atoms with Crippen LogP contribution in [0.15, 0.2) is 6.07 Å². The first-order valence-electron chi connectivity index (χ1n) is 9.12. The van der Waals surface area contributed by atoms with Crippen molar-refractivity contribution in [3.8, 4) is 6.07 Å². The molecule has 0 radical (unpaired) electrons. The van der Waals surface area contributed by atoms with Crippen molar-refractivity contribution in [2.45, 2.75) is 72.1 Å². The summed E-state index contributed by atoms with van der Waals surface area (Å²) < 4.78 is 0. The first-order chi connectivity index (χ1) is 11.2. The van der Waals surface area contributed by atoms with Gasteiger partial charge in [-0.2, -0.15) is 5.26 Å². The zero-order valence-electron chi connectivity index (χ0n) is 15.0. The van der Waals surface area contributed by atoms with E-state index in [1.807, 2.05) is 13.0 Å². The third-order valence-corrected chi connectivity index (χ3v) is 3.99. The van der Waals surface area contributed by atoms with Crippen molar-refractivity contribution < 1.29 is 0 Å². The number of nitriles is 1. The smallest absolute Gasteiger partial charge is 0.146 e. The Kier molecular flexibility index (Phi) is 9.86. The normalized spacial score (nSPS) is 10.3. The van der Waals surface area contributed by atoms with E-state index in [2.05, 4.69) is 35.5 Å². The first-order valence-corrected chi connectivity index (χ1v) is 9.12. The highest BCUT2D eigenvalue weighted by molar-refractivity contribution is 5.60. The lowest BCUT2D eigenvalue weighted by molar-refractivity contribution is 0.683. The Morgan fingerprint density at radius 1 is 0.957 bits per heavy atom. The van der Waals surface area contributed by atoms with Crippen LogP contribution in [0, 0.1) is 18.3 Å². The van der Waals surface area contributed by atoms with E-state index in [0.29, 0.717) is 5.56 Å². The van der Waals surface area contributed by atoms with Gasteiger partial charge in [-0.1, -0.05) is 52.4 Å². The van der Waals surface area contributed by atoms with Gasteiger partial charge in [-0.25, -0.2) is 4.98 Å². The zero-order chi connectivity index (χ0) is 16.9. The third-order valence-electron chi connectivity index (χ3n) is 3.99. The Bertz CT molecular complexity index is 491. The van der Waals surface area contributed by atoms with Crippen LogP contribution in [-0.4, -0.2) is 18.1 Å². The molecule has 0 spiro atoms. The highest BCUT2D eigenvalue weighted by Gasteiger charge is 2.09. The van der Waals surface area contributed by atoms with E-state index in [1.165, 1.54) is 38.5 Å². The van der Waals surface area contributed by atoms with Crippen LogP contribution in [-0.2, 0) is 0 Å². The second-order valence-corrected chi connectivity index (χ2v) is 6.13. The number of anilines is 2. The molecule has 0 amide bonds. The molecular formula is C19H32N4. The van der Waals surface area contributed by atoms with Crippen molar-refractivity contribution in [1.82, 2.24) is 4.98 Å². The molecule has 4 nitrogen and oxygen atoms in total. The largest absolute Gasteiger partial charge is 0.370 e. The molecule has 1 heterocycles. The predicted octanol–water partition coefficient (Wildman–Crippen LogP) is 5.25. The lowest BCUT2D eigenvalue weighted by Gasteiger charge is -2.13. The van der Waals surface area contributed by atoms with E-state index in [1.54, 1.807) is 0 Å². The van der Waals surface area contributed by atoms with Crippen LogP contribution in [0.25, 0.3) is 0 Å². The summed E-state index contributed by atoms with van der Waals surface area (Å²) in [6.07, 6.45) is 9.78. The minimum atomic E-state index is 0.664. The standard InChI is InChI=1S/C19H32N4/c1-4-6-8-10-12-21-18-14-16(3)17(15-20)19(23-18)22-13-11-9-7-5-2/h14H,4-13H2,1-3H3,(H2,21,22,23). The van der Waals surface area contributed by atoms with Gasteiger partial charge < -0.3 is 10.6 Å². The molecule has 4 heteroatoms. The van der Waals surface area contributed by atoms with Crippen LogP contribution in [0.3, 0.4) is 0 Å². The van der Waals surface area contributed by atoms with Gasteiger partial charge in [-0.15, -0.1) is 0 Å². The van der Waals surface area contributed by atoms with Crippen LogP contribution < -0.4 is 10.6 Å². The third kappa shape index (κ3) is 7.36. The molecule has 0 aliphatic rings. The van der Waals surface area contributed by atoms with Gasteiger partial charge in [0.2, 0.25) is 0 Å². The Hall–Kier alpha value is -1.76. The average molecular weight is 316 g/mol. The van der Waals surface area contributed by atoms with Crippen LogP contribution in [0.4, 0.5) is 11.6 Å². The molecule has 0 aliphatic carbocycles. The quantitative estimate of drug-likeness (QED) is 0.517. The molecule has 23 heavy (non-hydrogen) atoms. The Morgan fingerprint density at radius 2 is 1.57 bits per heavy atom. The highest BCUT2D eigenvalue weighted by Crippen LogP contribution is 2.20. The monoisotopic (exact) mass is 316 g/mol. The van der Waals surface area contributed by atoms with Crippen LogP contribution in [0.5, 0.6) is 0 Å². The van der Waals surface area contributed by atoms with Gasteiger partial charge in [0.05, 0.1) is 5.56 Å². The van der Waals surface area contributed by atoms with Crippen molar-refractivity contribution in [3.63, 3.8) is 0 Å². The molecular weight excluding hydrogens is 284 g/mol. The molecule has 0 saturated carbocycles. The van der Waals surface area contributed by atoms with E-state index < -0.39 is 0 Å². The summed E-state index contributed by atoms with van der Waals surface area (Å²) in [7, 11) is 0. The van der Waals surface area contributed by atoms with Gasteiger partial charge in [-0.05, 0) is 31.4 Å². The average Bonchev–Trinajstić information content (AvgIpc) is 2.54. The molecule has 0 bridgehead atoms. The zero-order valence-corrected chi connectivity index (χ0v) is 15.0. The lowest BCUT2D eigenvalue weighted by atomic mass is 10.1. The fourth-order valence-electron chi connectivity index (χ4n) is 2.56. The van der Waals surface area contributed by atoms with Crippen LogP contribution >= 0.6 is 0 Å². The lowest BCUT2D eigenvalue weighted by Crippen LogP contribution is -2.10. The maximum Gasteiger partial charge on any atom is 0.146 e. The van der Waals surface area contributed by atoms with Crippen molar-refractivity contribution in [2.75, 3.05) is 23.7 Å². The number of nitrogens with one attached hydrogen (secondary N) is 2. The topological polar surface area (TPSA) is 60.7 Å². The maximum atomic E-state index is 9.35. The van der Waals surface area contributed by atoms with Gasteiger partial charge in [-0.3, -0.25) is 0 Å². The molecule has 0 fully saturated rings. The van der Waals surface area contributed by atoms with E-state index in [4.69, 9.17) is 0 Å². The molecule has 2 N–H and O–H groups in total. The van der Waals surface area contributed by atoms with Gasteiger partial charge in [0.25, 0.3) is 0 Å². The molecule has 128 valence electrons. The van der Waals surface area contributed by atoms with Gasteiger partial charge in [0.1, 0.15) is 17.7 Å². The second kappa shape index (κ2) is 11.8. The summed E-state index contributed by atoms with van der Waals surface area (Å²) in [6, 6.07) is 4.25. The number of hydrogen-bond acceptors (Lipinski definition) is 4. The molecule has 1 rings (SSSR count). The molecule has 0 aliphatic heterocycles. The number of rotatable bonds is 12. The minimum Gasteiger partial charge on any atom is -0.370 e. The van der Waals surface area contributed by atoms with E-state index in [9.17, 15) is 5.26 Å². The number of aromatic nitrogens is 1. The van der Waals surface area contributed by atoms with Crippen molar-refractivity contribution in [3.05, 3.63) is 17.2 Å². The second-order valence-electron chi connectivity index (χ2n) is 6.13. The minimum absolute atomic E-state index is 0.664. The Labute approximate surface area is 141 Å². The summed E-state index contributed by atoms with van der Waals surface area (Å²) in [6.45, 7) is 8.22. The van der Waals surface area contributed by atoms with Crippen molar-refractivity contribution in [2.24, 2.45) is 0 Å². The van der Waals surface area contributed by atoms with E-state index >= 15 is 0 Å². The SMILES string of the molecule is CCCCCCNc1cc(C)c(C#N)c(NCCCCCC)n1. The number of aryl methyl sites for hydroxylation is 1. The van der Waals surface area contributed by atoms with Gasteiger partial charge in [0.15, 0.2) is 0 Å². The summed E-state index contributed by atoms with van der Waals surface area (Å²) in [5, 5.41) is 16.1. The van der Waals surface area contributed by atoms with Crippen molar-refractivity contribution in [1.29, 1.82) is 5.26 Å². The van der Waals surface area contributed by atoms with Crippen molar-refractivity contribution >= 4 is 11.6 Å². The predicted molar refractivity (Wildman–Crippen MR) is 99.0 cm³/mol. The van der Waals surface area contributed by atoms with E-state index in [0.717, 1.165) is 43.1 Å². The first kappa shape index (κ1) is 19.3. The highest BCUT2D eigenvalue weighted by atomic mass is 15.1. The molecule has 1 aromatic heterocycles. The fraction of sp³-hybridized carbons (Fsp3) is 0.684. The molecule has 0 atom stereocenters. The molecule has 1 aromatic rings. The number of hydrogen-bond donors (Lipinski definition) is 2. The summed E-state index contributed by atoms with van der Waals surface area (Å²) in [5.74, 6) is 1.59. The van der Waals surface area contributed by atoms with Gasteiger partial charge in [0, 0.05) is 13.1 Å². The number of nitrogens with zero attached hydrogens (tertiary/aromatic N) is 2. The maximum absolute atomic E-state index is 9.35. The fourth-order valence-corrected chi connectivity index (χ4v) is 2.56. The molecule has 0 saturated heterocycles. The van der Waals surface area contributed by atoms with Crippen LogP contribution in [0.1, 0.15) is 76.3 Å². The van der Waals surface area contributed by atoms with Crippen LogP contribution in [0.2, 0.25) is 0 Å². The number of unbranched alkanes of at least 4 members (excludes halogenated alkanes) is 6. The van der Waals surface area contributed by atoms with Gasteiger partial charge >= 0.3 is 0 Å². The Balaban J connectivity index is 2.58. The summed E-state index contributed by atoms with van der Waals surface area (Å²) in [4.78, 5) is 4.60. The molecule has 0 unspecified atom stereocenters. The Morgan fingerprint density at radius 3 is 2.13 bits per heavy atom. The van der Waals surface area contributed by atoms with E-state index in [-0.39, 0.29) is 0 Å². The molecule has 0 aromatic carbocycles. The summed E-state index contributed by atoms with van der Waals surface area (Å²) >= 11 is 0.